The number of aryl methyl sites for hydroxylation is 1. The number of benzene rings is 1. The fraction of sp³-hybridized carbons (Fsp3) is 0.250. The summed E-state index contributed by atoms with van der Waals surface area (Å²) in [6.45, 7) is 3.28. The van der Waals surface area contributed by atoms with E-state index in [2.05, 4.69) is 0 Å². The first-order valence-corrected chi connectivity index (χ1v) is 5.34. The zero-order valence-corrected chi connectivity index (χ0v) is 11.7. The number of rotatable bonds is 1. The third kappa shape index (κ3) is 2.95. The summed E-state index contributed by atoms with van der Waals surface area (Å²) in [4.78, 5) is -0.311. The third-order valence-electron chi connectivity index (χ3n) is 1.88. The van der Waals surface area contributed by atoms with Crippen molar-refractivity contribution in [3.63, 3.8) is 0 Å². The molecule has 1 aromatic rings. The summed E-state index contributed by atoms with van der Waals surface area (Å²) in [5, 5.41) is -0.0156. The quantitative estimate of drug-likeness (QED) is 0.462. The van der Waals surface area contributed by atoms with E-state index in [1.165, 1.54) is 6.07 Å². The van der Waals surface area contributed by atoms with Crippen molar-refractivity contribution < 1.29 is 42.5 Å². The maximum Gasteiger partial charge on any atom is 1.00 e. The summed E-state index contributed by atoms with van der Waals surface area (Å²) in [5.41, 5.74) is 1.15. The molecule has 1 aromatic carbocycles. The Morgan fingerprint density at radius 2 is 1.79 bits per heavy atom. The number of hydrogen-bond acceptors (Lipinski definition) is 3. The molecule has 0 aliphatic rings. The first-order chi connectivity index (χ1) is 5.84. The Hall–Kier alpha value is 0.420. The van der Waals surface area contributed by atoms with Crippen LogP contribution in [0, 0.1) is 13.8 Å². The van der Waals surface area contributed by atoms with E-state index in [1.54, 1.807) is 19.9 Å². The molecule has 3 nitrogen and oxygen atoms in total. The summed E-state index contributed by atoms with van der Waals surface area (Å²) in [7, 11) is -4.47. The molecule has 72 valence electrons. The van der Waals surface area contributed by atoms with Gasteiger partial charge in [-0.15, -0.1) is 0 Å². The summed E-state index contributed by atoms with van der Waals surface area (Å²) in [6, 6.07) is 3.08. The average molecular weight is 243 g/mol. The van der Waals surface area contributed by atoms with Gasteiger partial charge in [0, 0.05) is 0 Å². The molecule has 0 amide bonds. The van der Waals surface area contributed by atoms with E-state index < -0.39 is 10.1 Å². The monoisotopic (exact) mass is 242 g/mol. The van der Waals surface area contributed by atoms with Crippen LogP contribution in [-0.4, -0.2) is 13.0 Å². The second kappa shape index (κ2) is 4.96. The van der Waals surface area contributed by atoms with Crippen molar-refractivity contribution in [3.05, 3.63) is 28.3 Å². The van der Waals surface area contributed by atoms with Gasteiger partial charge in [-0.25, -0.2) is 8.42 Å². The van der Waals surface area contributed by atoms with Gasteiger partial charge in [-0.2, -0.15) is 0 Å². The fourth-order valence-electron chi connectivity index (χ4n) is 1.06. The molecule has 0 fully saturated rings. The molecule has 0 bridgehead atoms. The van der Waals surface area contributed by atoms with Gasteiger partial charge in [0.05, 0.1) is 9.92 Å². The average Bonchev–Trinajstić information content (AvgIpc) is 1.95. The Bertz CT molecular complexity index is 442. The second-order valence-electron chi connectivity index (χ2n) is 2.77. The van der Waals surface area contributed by atoms with Gasteiger partial charge in [-0.3, -0.25) is 0 Å². The van der Waals surface area contributed by atoms with Gasteiger partial charge in [-0.1, -0.05) is 17.7 Å². The van der Waals surface area contributed by atoms with Crippen molar-refractivity contribution in [2.24, 2.45) is 0 Å². The van der Waals surface area contributed by atoms with Crippen LogP contribution in [-0.2, 0) is 10.1 Å². The first-order valence-electron chi connectivity index (χ1n) is 3.55. The van der Waals surface area contributed by atoms with E-state index >= 15 is 0 Å². The standard InChI is InChI=1S/C8H9ClO3S.Na/c1-5-3-4-7(9)8(6(5)2)13(10,11)12;/h3-4H,1-2H3,(H,10,11,12);/q;+1/p-1. The molecule has 0 unspecified atom stereocenters. The van der Waals surface area contributed by atoms with Gasteiger partial charge in [0.25, 0.3) is 0 Å². The molecule has 0 atom stereocenters. The SMILES string of the molecule is Cc1ccc(Cl)c(S(=O)(=O)[O-])c1C.[Na+]. The summed E-state index contributed by atoms with van der Waals surface area (Å²) >= 11 is 5.61. The molecule has 0 aliphatic heterocycles. The van der Waals surface area contributed by atoms with Crippen LogP contribution in [0.15, 0.2) is 17.0 Å². The number of hydrogen-bond donors (Lipinski definition) is 0. The number of halogens is 1. The maximum atomic E-state index is 10.8. The molecule has 1 rings (SSSR count). The largest absolute Gasteiger partial charge is 1.00 e. The molecule has 0 N–H and O–H groups in total. The van der Waals surface area contributed by atoms with E-state index in [0.717, 1.165) is 5.56 Å². The van der Waals surface area contributed by atoms with Crippen LogP contribution in [0.1, 0.15) is 11.1 Å². The van der Waals surface area contributed by atoms with E-state index in [-0.39, 0.29) is 39.5 Å². The molecular formula is C8H8ClNaO3S. The van der Waals surface area contributed by atoms with Gasteiger partial charge >= 0.3 is 29.6 Å². The minimum atomic E-state index is -4.47. The van der Waals surface area contributed by atoms with Crippen LogP contribution in [0.4, 0.5) is 0 Å². The van der Waals surface area contributed by atoms with Gasteiger partial charge < -0.3 is 4.55 Å². The molecule has 0 saturated heterocycles. The van der Waals surface area contributed by atoms with E-state index in [4.69, 9.17) is 11.6 Å². The van der Waals surface area contributed by atoms with E-state index in [1.807, 2.05) is 0 Å². The smallest absolute Gasteiger partial charge is 0.744 e. The zero-order valence-electron chi connectivity index (χ0n) is 8.17. The third-order valence-corrected chi connectivity index (χ3v) is 3.33. The second-order valence-corrected chi connectivity index (χ2v) is 4.50. The van der Waals surface area contributed by atoms with Crippen LogP contribution in [0.2, 0.25) is 5.02 Å². The van der Waals surface area contributed by atoms with Gasteiger partial charge in [0.2, 0.25) is 0 Å². The summed E-state index contributed by atoms with van der Waals surface area (Å²) < 4.78 is 32.4. The summed E-state index contributed by atoms with van der Waals surface area (Å²) in [5.74, 6) is 0. The first kappa shape index (κ1) is 14.4. The molecule has 0 spiro atoms. The molecule has 0 radical (unpaired) electrons. The van der Waals surface area contributed by atoms with Crippen LogP contribution in [0.25, 0.3) is 0 Å². The molecule has 6 heteroatoms. The Morgan fingerprint density at radius 3 is 2.14 bits per heavy atom. The van der Waals surface area contributed by atoms with Crippen LogP contribution >= 0.6 is 11.6 Å². The van der Waals surface area contributed by atoms with Crippen molar-refractivity contribution in [2.75, 3.05) is 0 Å². The molecule has 0 aromatic heterocycles. The molecule has 0 saturated carbocycles. The minimum absolute atomic E-state index is 0. The zero-order chi connectivity index (χ0) is 10.2. The van der Waals surface area contributed by atoms with Crippen molar-refractivity contribution >= 4 is 21.7 Å². The van der Waals surface area contributed by atoms with E-state index in [0.29, 0.717) is 5.56 Å². The predicted molar refractivity (Wildman–Crippen MR) is 48.9 cm³/mol. The topological polar surface area (TPSA) is 57.2 Å². The molecular weight excluding hydrogens is 235 g/mol. The van der Waals surface area contributed by atoms with Gasteiger partial charge in [-0.05, 0) is 31.0 Å². The van der Waals surface area contributed by atoms with Crippen molar-refractivity contribution in [2.45, 2.75) is 18.7 Å². The predicted octanol–water partition coefficient (Wildman–Crippen LogP) is -1.14. The van der Waals surface area contributed by atoms with Crippen LogP contribution < -0.4 is 29.6 Å². The Labute approximate surface area is 111 Å². The van der Waals surface area contributed by atoms with Crippen molar-refractivity contribution in [3.8, 4) is 0 Å². The van der Waals surface area contributed by atoms with Gasteiger partial charge in [0.15, 0.2) is 0 Å². The van der Waals surface area contributed by atoms with Crippen LogP contribution in [0.3, 0.4) is 0 Å². The Morgan fingerprint density at radius 1 is 1.29 bits per heavy atom. The Kier molecular flexibility index (Phi) is 5.11. The molecule has 14 heavy (non-hydrogen) atoms. The molecule has 0 heterocycles. The fourth-order valence-corrected chi connectivity index (χ4v) is 2.40. The van der Waals surface area contributed by atoms with E-state index in [9.17, 15) is 13.0 Å². The van der Waals surface area contributed by atoms with Crippen LogP contribution in [0.5, 0.6) is 0 Å². The maximum absolute atomic E-state index is 10.8. The Balaban J connectivity index is 0.00000169. The summed E-state index contributed by atoms with van der Waals surface area (Å²) in [6.07, 6.45) is 0. The normalized spacial score (nSPS) is 10.9. The van der Waals surface area contributed by atoms with Crippen molar-refractivity contribution in [1.29, 1.82) is 0 Å². The van der Waals surface area contributed by atoms with Crippen molar-refractivity contribution in [1.82, 2.24) is 0 Å². The van der Waals surface area contributed by atoms with Gasteiger partial charge in [0.1, 0.15) is 10.1 Å². The molecule has 0 aliphatic carbocycles. The minimum Gasteiger partial charge on any atom is -0.744 e.